The molecule has 3 aromatic rings. The highest BCUT2D eigenvalue weighted by Crippen LogP contribution is 2.23. The first-order valence-corrected chi connectivity index (χ1v) is 9.08. The van der Waals surface area contributed by atoms with E-state index in [9.17, 15) is 9.18 Å². The maximum absolute atomic E-state index is 13.0. The molecule has 140 valence electrons. The molecule has 1 amide bonds. The molecule has 4 rings (SSSR count). The van der Waals surface area contributed by atoms with Crippen LogP contribution in [0.3, 0.4) is 0 Å². The van der Waals surface area contributed by atoms with E-state index in [0.717, 1.165) is 37.3 Å². The van der Waals surface area contributed by atoms with Crippen molar-refractivity contribution < 1.29 is 9.18 Å². The Labute approximate surface area is 156 Å². The molecule has 1 atom stereocenters. The van der Waals surface area contributed by atoms with Crippen molar-refractivity contribution in [2.45, 2.75) is 25.8 Å². The topological polar surface area (TPSA) is 75.4 Å². The van der Waals surface area contributed by atoms with Gasteiger partial charge in [0, 0.05) is 19.0 Å². The highest BCUT2D eigenvalue weighted by Gasteiger charge is 2.26. The molecule has 1 aliphatic rings. The van der Waals surface area contributed by atoms with Crippen molar-refractivity contribution in [2.75, 3.05) is 18.0 Å². The number of nitrogens with zero attached hydrogens (tertiary/aromatic N) is 5. The van der Waals surface area contributed by atoms with Crippen LogP contribution in [0.25, 0.3) is 5.65 Å². The van der Waals surface area contributed by atoms with Crippen LogP contribution in [0.15, 0.2) is 42.7 Å². The Bertz CT molecular complexity index is 933. The molecular formula is C19H21FN6O. The standard InChI is InChI=1S/C19H21FN6O/c1-13(14-2-4-16(20)5-3-14)22-19(27)15-8-10-25(11-9-15)18-7-6-17-23-21-12-26(17)24-18/h2-7,12-13,15H,8-11H2,1H3,(H,22,27). The number of piperidine rings is 1. The van der Waals surface area contributed by atoms with Gasteiger partial charge in [-0.3, -0.25) is 4.79 Å². The Morgan fingerprint density at radius 2 is 1.93 bits per heavy atom. The van der Waals surface area contributed by atoms with Gasteiger partial charge in [0.25, 0.3) is 0 Å². The predicted molar refractivity (Wildman–Crippen MR) is 98.7 cm³/mol. The van der Waals surface area contributed by atoms with Crippen LogP contribution < -0.4 is 10.2 Å². The number of hydrogen-bond acceptors (Lipinski definition) is 5. The van der Waals surface area contributed by atoms with Gasteiger partial charge in [0.2, 0.25) is 5.91 Å². The quantitative estimate of drug-likeness (QED) is 0.765. The molecule has 0 saturated carbocycles. The number of anilines is 1. The van der Waals surface area contributed by atoms with E-state index < -0.39 is 0 Å². The summed E-state index contributed by atoms with van der Waals surface area (Å²) in [5.74, 6) is 0.611. The molecule has 0 radical (unpaired) electrons. The third kappa shape index (κ3) is 3.74. The van der Waals surface area contributed by atoms with Crippen LogP contribution in [-0.4, -0.2) is 38.8 Å². The molecule has 1 aromatic carbocycles. The Balaban J connectivity index is 1.34. The number of halogens is 1. The normalized spacial score (nSPS) is 16.4. The molecule has 1 fully saturated rings. The first-order chi connectivity index (χ1) is 13.1. The molecule has 1 unspecified atom stereocenters. The van der Waals surface area contributed by atoms with E-state index in [-0.39, 0.29) is 23.7 Å². The van der Waals surface area contributed by atoms with Crippen LogP contribution in [0.1, 0.15) is 31.4 Å². The van der Waals surface area contributed by atoms with E-state index in [1.807, 2.05) is 19.1 Å². The number of carbonyl (C=O) groups excluding carboxylic acids is 1. The highest BCUT2D eigenvalue weighted by molar-refractivity contribution is 5.79. The van der Waals surface area contributed by atoms with Crippen molar-refractivity contribution >= 4 is 17.4 Å². The zero-order chi connectivity index (χ0) is 18.8. The van der Waals surface area contributed by atoms with Crippen molar-refractivity contribution in [3.05, 3.63) is 54.1 Å². The minimum Gasteiger partial charge on any atom is -0.355 e. The van der Waals surface area contributed by atoms with Gasteiger partial charge in [-0.05, 0) is 49.6 Å². The van der Waals surface area contributed by atoms with Gasteiger partial charge in [0.15, 0.2) is 5.65 Å². The number of rotatable bonds is 4. The van der Waals surface area contributed by atoms with Gasteiger partial charge >= 0.3 is 0 Å². The van der Waals surface area contributed by atoms with Crippen LogP contribution in [0.5, 0.6) is 0 Å². The molecule has 27 heavy (non-hydrogen) atoms. The minimum absolute atomic E-state index is 0.0252. The summed E-state index contributed by atoms with van der Waals surface area (Å²) in [6.45, 7) is 3.45. The molecule has 1 aliphatic heterocycles. The Kier molecular flexibility index (Phi) is 4.70. The van der Waals surface area contributed by atoms with Gasteiger partial charge in [-0.25, -0.2) is 4.39 Å². The van der Waals surface area contributed by atoms with Gasteiger partial charge in [0.1, 0.15) is 18.0 Å². The van der Waals surface area contributed by atoms with Crippen LogP contribution in [0.4, 0.5) is 10.2 Å². The van der Waals surface area contributed by atoms with E-state index in [1.165, 1.54) is 12.1 Å². The molecule has 3 heterocycles. The third-order valence-electron chi connectivity index (χ3n) is 5.07. The number of hydrogen-bond donors (Lipinski definition) is 1. The lowest BCUT2D eigenvalue weighted by Crippen LogP contribution is -2.41. The van der Waals surface area contributed by atoms with E-state index >= 15 is 0 Å². The number of aromatic nitrogens is 4. The van der Waals surface area contributed by atoms with Crippen LogP contribution in [0.2, 0.25) is 0 Å². The number of benzene rings is 1. The van der Waals surface area contributed by atoms with Crippen molar-refractivity contribution in [3.63, 3.8) is 0 Å². The molecule has 8 heteroatoms. The summed E-state index contributed by atoms with van der Waals surface area (Å²) in [5.41, 5.74) is 1.61. The molecular weight excluding hydrogens is 347 g/mol. The number of nitrogens with one attached hydrogen (secondary N) is 1. The molecule has 0 aliphatic carbocycles. The average Bonchev–Trinajstić information content (AvgIpc) is 3.16. The zero-order valence-electron chi connectivity index (χ0n) is 15.0. The summed E-state index contributed by atoms with van der Waals surface area (Å²) < 4.78 is 14.7. The maximum atomic E-state index is 13.0. The SMILES string of the molecule is CC(NC(=O)C1CCN(c2ccc3nncn3n2)CC1)c1ccc(F)cc1. The number of fused-ring (bicyclic) bond motifs is 1. The monoisotopic (exact) mass is 368 g/mol. The maximum Gasteiger partial charge on any atom is 0.223 e. The first kappa shape index (κ1) is 17.4. The number of carbonyl (C=O) groups is 1. The fourth-order valence-electron chi connectivity index (χ4n) is 3.42. The van der Waals surface area contributed by atoms with Crippen molar-refractivity contribution in [1.82, 2.24) is 25.1 Å². The second kappa shape index (κ2) is 7.30. The molecule has 2 aromatic heterocycles. The first-order valence-electron chi connectivity index (χ1n) is 9.08. The molecule has 7 nitrogen and oxygen atoms in total. The fourth-order valence-corrected chi connectivity index (χ4v) is 3.42. The largest absolute Gasteiger partial charge is 0.355 e. The lowest BCUT2D eigenvalue weighted by molar-refractivity contribution is -0.126. The lowest BCUT2D eigenvalue weighted by atomic mass is 9.95. The van der Waals surface area contributed by atoms with E-state index in [4.69, 9.17) is 0 Å². The third-order valence-corrected chi connectivity index (χ3v) is 5.07. The summed E-state index contributed by atoms with van der Waals surface area (Å²) in [6, 6.07) is 9.91. The second-order valence-electron chi connectivity index (χ2n) is 6.87. The molecule has 1 N–H and O–H groups in total. The van der Waals surface area contributed by atoms with Gasteiger partial charge in [0.05, 0.1) is 6.04 Å². The van der Waals surface area contributed by atoms with Crippen LogP contribution >= 0.6 is 0 Å². The van der Waals surface area contributed by atoms with E-state index in [1.54, 1.807) is 23.0 Å². The van der Waals surface area contributed by atoms with Gasteiger partial charge in [-0.2, -0.15) is 4.52 Å². The van der Waals surface area contributed by atoms with Crippen molar-refractivity contribution in [3.8, 4) is 0 Å². The number of amides is 1. The highest BCUT2D eigenvalue weighted by atomic mass is 19.1. The summed E-state index contributed by atoms with van der Waals surface area (Å²) >= 11 is 0. The summed E-state index contributed by atoms with van der Waals surface area (Å²) in [7, 11) is 0. The Hall–Kier alpha value is -3.03. The summed E-state index contributed by atoms with van der Waals surface area (Å²) in [4.78, 5) is 14.8. The Morgan fingerprint density at radius 1 is 1.19 bits per heavy atom. The lowest BCUT2D eigenvalue weighted by Gasteiger charge is -2.32. The second-order valence-corrected chi connectivity index (χ2v) is 6.87. The predicted octanol–water partition coefficient (Wildman–Crippen LogP) is 2.36. The summed E-state index contributed by atoms with van der Waals surface area (Å²) in [6.07, 6.45) is 3.11. The molecule has 1 saturated heterocycles. The zero-order valence-corrected chi connectivity index (χ0v) is 15.0. The average molecular weight is 368 g/mol. The van der Waals surface area contributed by atoms with Crippen LogP contribution in [-0.2, 0) is 4.79 Å². The van der Waals surface area contributed by atoms with Crippen molar-refractivity contribution in [1.29, 1.82) is 0 Å². The summed E-state index contributed by atoms with van der Waals surface area (Å²) in [5, 5.41) is 15.3. The molecule has 0 spiro atoms. The van der Waals surface area contributed by atoms with E-state index in [0.29, 0.717) is 5.65 Å². The van der Waals surface area contributed by atoms with Gasteiger partial charge in [-0.1, -0.05) is 12.1 Å². The fraction of sp³-hybridized carbons (Fsp3) is 0.368. The minimum atomic E-state index is -0.275. The molecule has 0 bridgehead atoms. The van der Waals surface area contributed by atoms with Crippen molar-refractivity contribution in [2.24, 2.45) is 5.92 Å². The van der Waals surface area contributed by atoms with Gasteiger partial charge < -0.3 is 10.2 Å². The van der Waals surface area contributed by atoms with E-state index in [2.05, 4.69) is 25.5 Å². The smallest absolute Gasteiger partial charge is 0.223 e. The van der Waals surface area contributed by atoms with Gasteiger partial charge in [-0.15, -0.1) is 15.3 Å². The Morgan fingerprint density at radius 3 is 2.67 bits per heavy atom. The van der Waals surface area contributed by atoms with Crippen LogP contribution in [0, 0.1) is 11.7 Å².